The standard InChI is InChI=1S/C15H25N/c1-11(2)6-8-14-9-7-13(5)15(10-14)16-12(3)4/h7,9-12,16H,6,8H2,1-5H3. The van der Waals surface area contributed by atoms with Crippen molar-refractivity contribution in [1.29, 1.82) is 0 Å². The minimum Gasteiger partial charge on any atom is -0.383 e. The number of nitrogens with one attached hydrogen (secondary N) is 1. The molecule has 1 N–H and O–H groups in total. The molecule has 0 aliphatic rings. The van der Waals surface area contributed by atoms with E-state index in [2.05, 4.69) is 58.1 Å². The summed E-state index contributed by atoms with van der Waals surface area (Å²) in [6, 6.07) is 7.28. The lowest BCUT2D eigenvalue weighted by Gasteiger charge is -2.14. The van der Waals surface area contributed by atoms with Crippen molar-refractivity contribution in [3.8, 4) is 0 Å². The van der Waals surface area contributed by atoms with E-state index in [1.165, 1.54) is 29.7 Å². The Labute approximate surface area is 100 Å². The van der Waals surface area contributed by atoms with E-state index < -0.39 is 0 Å². The molecule has 0 bridgehead atoms. The molecular weight excluding hydrogens is 194 g/mol. The monoisotopic (exact) mass is 219 g/mol. The highest BCUT2D eigenvalue weighted by Crippen LogP contribution is 2.19. The van der Waals surface area contributed by atoms with E-state index in [0.29, 0.717) is 6.04 Å². The molecule has 0 aromatic heterocycles. The molecule has 1 rings (SSSR count). The maximum atomic E-state index is 3.50. The Kier molecular flexibility index (Phi) is 4.85. The summed E-state index contributed by atoms with van der Waals surface area (Å²) in [6.07, 6.45) is 2.45. The maximum Gasteiger partial charge on any atom is 0.0374 e. The summed E-state index contributed by atoms with van der Waals surface area (Å²) in [7, 11) is 0. The van der Waals surface area contributed by atoms with Crippen molar-refractivity contribution < 1.29 is 0 Å². The molecule has 0 heterocycles. The zero-order valence-electron chi connectivity index (χ0n) is 11.3. The highest BCUT2D eigenvalue weighted by Gasteiger charge is 2.03. The summed E-state index contributed by atoms with van der Waals surface area (Å²) in [5, 5.41) is 3.50. The van der Waals surface area contributed by atoms with Gasteiger partial charge < -0.3 is 5.32 Å². The SMILES string of the molecule is Cc1ccc(CCC(C)C)cc1NC(C)C. The molecule has 0 saturated carbocycles. The Morgan fingerprint density at radius 3 is 2.38 bits per heavy atom. The molecule has 1 aromatic rings. The average Bonchev–Trinajstić information content (AvgIpc) is 2.18. The van der Waals surface area contributed by atoms with Crippen LogP contribution in [0.15, 0.2) is 18.2 Å². The first kappa shape index (κ1) is 13.1. The van der Waals surface area contributed by atoms with Gasteiger partial charge in [-0.25, -0.2) is 0 Å². The molecule has 0 saturated heterocycles. The average molecular weight is 219 g/mol. The number of hydrogen-bond donors (Lipinski definition) is 1. The molecular formula is C15H25N. The maximum absolute atomic E-state index is 3.50. The van der Waals surface area contributed by atoms with Crippen LogP contribution in [0, 0.1) is 12.8 Å². The van der Waals surface area contributed by atoms with Gasteiger partial charge >= 0.3 is 0 Å². The number of hydrogen-bond acceptors (Lipinski definition) is 1. The van der Waals surface area contributed by atoms with Crippen molar-refractivity contribution in [2.24, 2.45) is 5.92 Å². The fourth-order valence-corrected chi connectivity index (χ4v) is 1.75. The number of anilines is 1. The highest BCUT2D eigenvalue weighted by atomic mass is 14.9. The number of rotatable bonds is 5. The molecule has 0 aliphatic heterocycles. The van der Waals surface area contributed by atoms with Crippen LogP contribution in [0.5, 0.6) is 0 Å². The molecule has 0 fully saturated rings. The Bertz CT molecular complexity index is 326. The summed E-state index contributed by atoms with van der Waals surface area (Å²) in [5.74, 6) is 0.780. The van der Waals surface area contributed by atoms with E-state index in [1.807, 2.05) is 0 Å². The van der Waals surface area contributed by atoms with Gasteiger partial charge in [-0.15, -0.1) is 0 Å². The molecule has 1 aromatic carbocycles. The van der Waals surface area contributed by atoms with Crippen molar-refractivity contribution >= 4 is 5.69 Å². The quantitative estimate of drug-likeness (QED) is 0.773. The lowest BCUT2D eigenvalue weighted by Crippen LogP contribution is -2.11. The van der Waals surface area contributed by atoms with Crippen LogP contribution in [0.1, 0.15) is 45.2 Å². The van der Waals surface area contributed by atoms with E-state index in [4.69, 9.17) is 0 Å². The summed E-state index contributed by atoms with van der Waals surface area (Å²) in [6.45, 7) is 11.1. The molecule has 1 nitrogen and oxygen atoms in total. The van der Waals surface area contributed by atoms with Gasteiger partial charge in [-0.3, -0.25) is 0 Å². The highest BCUT2D eigenvalue weighted by molar-refractivity contribution is 5.53. The first-order chi connectivity index (χ1) is 7.49. The predicted molar refractivity (Wildman–Crippen MR) is 73.1 cm³/mol. The van der Waals surface area contributed by atoms with E-state index in [-0.39, 0.29) is 0 Å². The van der Waals surface area contributed by atoms with Gasteiger partial charge in [0.15, 0.2) is 0 Å². The van der Waals surface area contributed by atoms with E-state index in [9.17, 15) is 0 Å². The van der Waals surface area contributed by atoms with Crippen molar-refractivity contribution in [2.75, 3.05) is 5.32 Å². The van der Waals surface area contributed by atoms with Crippen LogP contribution >= 0.6 is 0 Å². The molecule has 0 aliphatic carbocycles. The molecule has 0 atom stereocenters. The van der Waals surface area contributed by atoms with E-state index in [1.54, 1.807) is 0 Å². The lowest BCUT2D eigenvalue weighted by atomic mass is 10.0. The normalized spacial score (nSPS) is 11.2. The second-order valence-corrected chi connectivity index (χ2v) is 5.38. The summed E-state index contributed by atoms with van der Waals surface area (Å²) < 4.78 is 0. The second-order valence-electron chi connectivity index (χ2n) is 5.38. The van der Waals surface area contributed by atoms with Crippen LogP contribution in [0.25, 0.3) is 0 Å². The largest absolute Gasteiger partial charge is 0.383 e. The number of aryl methyl sites for hydroxylation is 2. The Morgan fingerprint density at radius 2 is 1.81 bits per heavy atom. The van der Waals surface area contributed by atoms with Gasteiger partial charge in [0.05, 0.1) is 0 Å². The minimum absolute atomic E-state index is 0.499. The third-order valence-corrected chi connectivity index (χ3v) is 2.76. The van der Waals surface area contributed by atoms with Gasteiger partial charge in [-0.1, -0.05) is 26.0 Å². The van der Waals surface area contributed by atoms with E-state index in [0.717, 1.165) is 5.92 Å². The second kappa shape index (κ2) is 5.93. The summed E-state index contributed by atoms with van der Waals surface area (Å²) in [5.41, 5.74) is 4.07. The van der Waals surface area contributed by atoms with Crippen LogP contribution in [0.4, 0.5) is 5.69 Å². The molecule has 90 valence electrons. The number of benzene rings is 1. The molecule has 0 spiro atoms. The predicted octanol–water partition coefficient (Wildman–Crippen LogP) is 4.40. The van der Waals surface area contributed by atoms with Crippen molar-refractivity contribution in [2.45, 2.75) is 53.5 Å². The first-order valence-electron chi connectivity index (χ1n) is 6.35. The van der Waals surface area contributed by atoms with Gasteiger partial charge in [0.25, 0.3) is 0 Å². The van der Waals surface area contributed by atoms with Crippen LogP contribution in [0.2, 0.25) is 0 Å². The Morgan fingerprint density at radius 1 is 1.12 bits per heavy atom. The molecule has 0 amide bonds. The van der Waals surface area contributed by atoms with Crippen molar-refractivity contribution in [1.82, 2.24) is 0 Å². The van der Waals surface area contributed by atoms with Gasteiger partial charge in [0.1, 0.15) is 0 Å². The third-order valence-electron chi connectivity index (χ3n) is 2.76. The van der Waals surface area contributed by atoms with Gasteiger partial charge in [0, 0.05) is 11.7 Å². The molecule has 16 heavy (non-hydrogen) atoms. The topological polar surface area (TPSA) is 12.0 Å². The zero-order chi connectivity index (χ0) is 12.1. The van der Waals surface area contributed by atoms with Crippen LogP contribution in [0.3, 0.4) is 0 Å². The summed E-state index contributed by atoms with van der Waals surface area (Å²) >= 11 is 0. The van der Waals surface area contributed by atoms with Crippen molar-refractivity contribution in [3.63, 3.8) is 0 Å². The van der Waals surface area contributed by atoms with Crippen LogP contribution in [-0.4, -0.2) is 6.04 Å². The third kappa shape index (κ3) is 4.26. The Balaban J connectivity index is 2.73. The van der Waals surface area contributed by atoms with Crippen LogP contribution in [-0.2, 0) is 6.42 Å². The first-order valence-corrected chi connectivity index (χ1v) is 6.35. The molecule has 1 heteroatoms. The Hall–Kier alpha value is -0.980. The molecule has 0 radical (unpaired) electrons. The smallest absolute Gasteiger partial charge is 0.0374 e. The van der Waals surface area contributed by atoms with Crippen LogP contribution < -0.4 is 5.32 Å². The van der Waals surface area contributed by atoms with Gasteiger partial charge in [-0.2, -0.15) is 0 Å². The van der Waals surface area contributed by atoms with Crippen molar-refractivity contribution in [3.05, 3.63) is 29.3 Å². The van der Waals surface area contributed by atoms with Gasteiger partial charge in [0.2, 0.25) is 0 Å². The lowest BCUT2D eigenvalue weighted by molar-refractivity contribution is 0.587. The van der Waals surface area contributed by atoms with Gasteiger partial charge in [-0.05, 0) is 56.7 Å². The minimum atomic E-state index is 0.499. The zero-order valence-corrected chi connectivity index (χ0v) is 11.3. The van der Waals surface area contributed by atoms with E-state index >= 15 is 0 Å². The summed E-state index contributed by atoms with van der Waals surface area (Å²) in [4.78, 5) is 0. The molecule has 0 unspecified atom stereocenters. The fourth-order valence-electron chi connectivity index (χ4n) is 1.75. The fraction of sp³-hybridized carbons (Fsp3) is 0.600.